The summed E-state index contributed by atoms with van der Waals surface area (Å²) in [7, 11) is 1.51. The third-order valence-electron chi connectivity index (χ3n) is 4.14. The fourth-order valence-electron chi connectivity index (χ4n) is 2.76. The van der Waals surface area contributed by atoms with Crippen LogP contribution in [0.1, 0.15) is 28.0 Å². The van der Waals surface area contributed by atoms with Gasteiger partial charge in [-0.2, -0.15) is 5.10 Å². The molecule has 0 saturated carbocycles. The highest BCUT2D eigenvalue weighted by molar-refractivity contribution is 5.96. The maximum atomic E-state index is 12.2. The second-order valence-electron chi connectivity index (χ2n) is 5.94. The van der Waals surface area contributed by atoms with Crippen molar-refractivity contribution in [1.82, 2.24) is 20.1 Å². The molecule has 0 aliphatic heterocycles. The molecule has 0 bridgehead atoms. The average molecular weight is 350 g/mol. The van der Waals surface area contributed by atoms with E-state index in [2.05, 4.69) is 21.6 Å². The van der Waals surface area contributed by atoms with Gasteiger partial charge in [0.25, 0.3) is 5.91 Å². The fourth-order valence-corrected chi connectivity index (χ4v) is 2.76. The number of aryl methyl sites for hydroxylation is 2. The molecule has 2 heterocycles. The number of nitrogens with zero attached hydrogens (tertiary/aromatic N) is 3. The topological polar surface area (TPSA) is 69.0 Å². The largest absolute Gasteiger partial charge is 0.480 e. The lowest BCUT2D eigenvalue weighted by Gasteiger charge is -2.07. The number of benzene rings is 1. The van der Waals surface area contributed by atoms with Crippen LogP contribution in [0, 0.1) is 6.92 Å². The van der Waals surface area contributed by atoms with Gasteiger partial charge in [0.2, 0.25) is 5.88 Å². The highest BCUT2D eigenvalue weighted by Gasteiger charge is 2.12. The van der Waals surface area contributed by atoms with Crippen LogP contribution in [0.4, 0.5) is 0 Å². The number of hydrogen-bond acceptors (Lipinski definition) is 4. The lowest BCUT2D eigenvalue weighted by molar-refractivity contribution is 0.0949. The van der Waals surface area contributed by atoms with Crippen molar-refractivity contribution in [2.24, 2.45) is 0 Å². The summed E-state index contributed by atoms with van der Waals surface area (Å²) in [5.74, 6) is 0.164. The quantitative estimate of drug-likeness (QED) is 0.665. The minimum Gasteiger partial charge on any atom is -0.480 e. The van der Waals surface area contributed by atoms with Crippen molar-refractivity contribution in [3.8, 4) is 11.6 Å². The van der Waals surface area contributed by atoms with Crippen LogP contribution in [0.5, 0.6) is 5.88 Å². The highest BCUT2D eigenvalue weighted by Crippen LogP contribution is 2.14. The van der Waals surface area contributed by atoms with E-state index in [0.717, 1.165) is 24.2 Å². The first-order chi connectivity index (χ1) is 12.7. The number of methoxy groups -OCH3 is 1. The van der Waals surface area contributed by atoms with E-state index in [-0.39, 0.29) is 5.91 Å². The standard InChI is InChI=1S/C20H22N4O2/c1-15-16(14-24(23-15)17-9-4-3-5-10-17)8-6-12-21-19(25)18-11-7-13-22-20(18)26-2/h3-5,7,9-11,13-14H,6,8,12H2,1-2H3,(H,21,25). The Bertz CT molecular complexity index is 875. The van der Waals surface area contributed by atoms with Gasteiger partial charge in [0.05, 0.1) is 18.5 Å². The van der Waals surface area contributed by atoms with Crippen molar-refractivity contribution in [3.05, 3.63) is 71.7 Å². The molecule has 3 aromatic rings. The van der Waals surface area contributed by atoms with Crippen molar-refractivity contribution in [1.29, 1.82) is 0 Å². The molecule has 0 unspecified atom stereocenters. The summed E-state index contributed by atoms with van der Waals surface area (Å²) >= 11 is 0. The lowest BCUT2D eigenvalue weighted by atomic mass is 10.1. The maximum Gasteiger partial charge on any atom is 0.256 e. The molecule has 0 aliphatic rings. The Morgan fingerprint density at radius 2 is 2.00 bits per heavy atom. The van der Waals surface area contributed by atoms with Crippen LogP contribution in [-0.4, -0.2) is 34.3 Å². The molecule has 0 saturated heterocycles. The number of hydrogen-bond donors (Lipinski definition) is 1. The van der Waals surface area contributed by atoms with Crippen molar-refractivity contribution in [2.45, 2.75) is 19.8 Å². The van der Waals surface area contributed by atoms with Gasteiger partial charge in [0.1, 0.15) is 5.56 Å². The van der Waals surface area contributed by atoms with Crippen LogP contribution in [0.2, 0.25) is 0 Å². The number of carbonyl (C=O) groups is 1. The van der Waals surface area contributed by atoms with E-state index in [1.807, 2.05) is 41.9 Å². The molecular formula is C20H22N4O2. The summed E-state index contributed by atoms with van der Waals surface area (Å²) in [4.78, 5) is 16.3. The smallest absolute Gasteiger partial charge is 0.256 e. The number of rotatable bonds is 7. The molecule has 0 fully saturated rings. The lowest BCUT2D eigenvalue weighted by Crippen LogP contribution is -2.25. The van der Waals surface area contributed by atoms with Crippen LogP contribution in [0.15, 0.2) is 54.9 Å². The molecule has 134 valence electrons. The predicted octanol–water partition coefficient (Wildman–Crippen LogP) is 2.95. The molecule has 1 amide bonds. The summed E-state index contributed by atoms with van der Waals surface area (Å²) < 4.78 is 7.01. The van der Waals surface area contributed by atoms with Crippen molar-refractivity contribution in [2.75, 3.05) is 13.7 Å². The molecule has 1 N–H and O–H groups in total. The molecular weight excluding hydrogens is 328 g/mol. The van der Waals surface area contributed by atoms with Gasteiger partial charge in [0.15, 0.2) is 0 Å². The molecule has 2 aromatic heterocycles. The Balaban J connectivity index is 1.54. The zero-order valence-electron chi connectivity index (χ0n) is 15.0. The highest BCUT2D eigenvalue weighted by atomic mass is 16.5. The zero-order chi connectivity index (χ0) is 18.4. The van der Waals surface area contributed by atoms with Gasteiger partial charge in [-0.05, 0) is 49.6 Å². The molecule has 3 rings (SSSR count). The van der Waals surface area contributed by atoms with E-state index >= 15 is 0 Å². The second kappa shape index (κ2) is 8.29. The Morgan fingerprint density at radius 3 is 2.77 bits per heavy atom. The summed E-state index contributed by atoms with van der Waals surface area (Å²) in [6, 6.07) is 13.5. The Kier molecular flexibility index (Phi) is 5.63. The fraction of sp³-hybridized carbons (Fsp3) is 0.250. The van der Waals surface area contributed by atoms with Gasteiger partial charge in [0, 0.05) is 18.9 Å². The monoisotopic (exact) mass is 350 g/mol. The van der Waals surface area contributed by atoms with E-state index in [4.69, 9.17) is 4.74 Å². The molecule has 0 spiro atoms. The number of nitrogens with one attached hydrogen (secondary N) is 1. The van der Waals surface area contributed by atoms with E-state index in [0.29, 0.717) is 18.0 Å². The van der Waals surface area contributed by atoms with Crippen LogP contribution in [0.25, 0.3) is 5.69 Å². The van der Waals surface area contributed by atoms with Gasteiger partial charge in [-0.1, -0.05) is 18.2 Å². The summed E-state index contributed by atoms with van der Waals surface area (Å²) in [5, 5.41) is 7.49. The first-order valence-electron chi connectivity index (χ1n) is 8.57. The van der Waals surface area contributed by atoms with Crippen LogP contribution < -0.4 is 10.1 Å². The molecule has 1 aromatic carbocycles. The minimum absolute atomic E-state index is 0.174. The summed E-state index contributed by atoms with van der Waals surface area (Å²) in [5.41, 5.74) is 3.68. The molecule has 0 radical (unpaired) electrons. The zero-order valence-corrected chi connectivity index (χ0v) is 15.0. The summed E-state index contributed by atoms with van der Waals surface area (Å²) in [6.07, 6.45) is 5.33. The van der Waals surface area contributed by atoms with Crippen LogP contribution in [0.3, 0.4) is 0 Å². The number of pyridine rings is 1. The van der Waals surface area contributed by atoms with Gasteiger partial charge in [-0.3, -0.25) is 4.79 Å². The number of carbonyl (C=O) groups excluding carboxylic acids is 1. The predicted molar refractivity (Wildman–Crippen MR) is 99.7 cm³/mol. The van der Waals surface area contributed by atoms with E-state index in [9.17, 15) is 4.79 Å². The average Bonchev–Trinajstić information content (AvgIpc) is 3.06. The molecule has 6 heteroatoms. The SMILES string of the molecule is COc1ncccc1C(=O)NCCCc1cn(-c2ccccc2)nc1C. The van der Waals surface area contributed by atoms with E-state index in [1.54, 1.807) is 18.3 Å². The van der Waals surface area contributed by atoms with Crippen LogP contribution in [-0.2, 0) is 6.42 Å². The van der Waals surface area contributed by atoms with Gasteiger partial charge >= 0.3 is 0 Å². The number of aromatic nitrogens is 3. The maximum absolute atomic E-state index is 12.2. The Labute approximate surface area is 152 Å². The molecule has 0 atom stereocenters. The second-order valence-corrected chi connectivity index (χ2v) is 5.94. The number of para-hydroxylation sites is 1. The third kappa shape index (κ3) is 4.08. The molecule has 26 heavy (non-hydrogen) atoms. The molecule has 6 nitrogen and oxygen atoms in total. The third-order valence-corrected chi connectivity index (χ3v) is 4.14. The first-order valence-corrected chi connectivity index (χ1v) is 8.57. The van der Waals surface area contributed by atoms with Gasteiger partial charge in [-0.25, -0.2) is 9.67 Å². The first kappa shape index (κ1) is 17.7. The Hall–Kier alpha value is -3.15. The number of ether oxygens (including phenoxy) is 1. The molecule has 0 aliphatic carbocycles. The Morgan fingerprint density at radius 1 is 1.19 bits per heavy atom. The number of amides is 1. The van der Waals surface area contributed by atoms with Crippen molar-refractivity contribution < 1.29 is 9.53 Å². The normalized spacial score (nSPS) is 10.5. The van der Waals surface area contributed by atoms with Crippen molar-refractivity contribution in [3.63, 3.8) is 0 Å². The van der Waals surface area contributed by atoms with E-state index in [1.165, 1.54) is 12.7 Å². The van der Waals surface area contributed by atoms with Crippen molar-refractivity contribution >= 4 is 5.91 Å². The minimum atomic E-state index is -0.174. The van der Waals surface area contributed by atoms with Gasteiger partial charge in [-0.15, -0.1) is 0 Å². The van der Waals surface area contributed by atoms with Gasteiger partial charge < -0.3 is 10.1 Å². The van der Waals surface area contributed by atoms with Crippen LogP contribution >= 0.6 is 0 Å². The van der Waals surface area contributed by atoms with E-state index < -0.39 is 0 Å². The summed E-state index contributed by atoms with van der Waals surface area (Å²) in [6.45, 7) is 2.58.